The first-order chi connectivity index (χ1) is 15.3. The van der Waals surface area contributed by atoms with Gasteiger partial charge in [-0.3, -0.25) is 4.79 Å². The number of sulfonamides is 2. The maximum atomic E-state index is 13.3. The van der Waals surface area contributed by atoms with E-state index in [1.54, 1.807) is 36.4 Å². The molecular weight excluding hydrogens is 450 g/mol. The van der Waals surface area contributed by atoms with Crippen LogP contribution in [0.1, 0.15) is 25.7 Å². The van der Waals surface area contributed by atoms with Crippen LogP contribution in [0.2, 0.25) is 0 Å². The van der Waals surface area contributed by atoms with E-state index in [2.05, 4.69) is 5.32 Å². The highest BCUT2D eigenvalue weighted by Crippen LogP contribution is 2.26. The largest absolute Gasteiger partial charge is 0.352 e. The van der Waals surface area contributed by atoms with Gasteiger partial charge in [-0.1, -0.05) is 49.2 Å². The van der Waals surface area contributed by atoms with Gasteiger partial charge in [-0.25, -0.2) is 16.8 Å². The SMILES string of the molecule is O=C(NC1CCCC1)C1CN(S(=O)(=O)c2ccccc2)CCN1S(=O)(=O)c1ccccc1. The molecule has 1 amide bonds. The smallest absolute Gasteiger partial charge is 0.243 e. The Morgan fingerprint density at radius 3 is 1.88 bits per heavy atom. The molecule has 1 aliphatic carbocycles. The highest BCUT2D eigenvalue weighted by atomic mass is 32.2. The average molecular weight is 478 g/mol. The van der Waals surface area contributed by atoms with E-state index in [0.29, 0.717) is 0 Å². The van der Waals surface area contributed by atoms with Gasteiger partial charge in [-0.05, 0) is 37.1 Å². The van der Waals surface area contributed by atoms with Gasteiger partial charge in [0.05, 0.1) is 9.79 Å². The number of rotatable bonds is 6. The Kier molecular flexibility index (Phi) is 6.66. The maximum absolute atomic E-state index is 13.3. The minimum absolute atomic E-state index is 0.00936. The van der Waals surface area contributed by atoms with Crippen molar-refractivity contribution in [3.05, 3.63) is 60.7 Å². The Labute approximate surface area is 189 Å². The number of carbonyl (C=O) groups excluding carboxylic acids is 1. The molecule has 2 fully saturated rings. The van der Waals surface area contributed by atoms with Crippen LogP contribution in [-0.4, -0.2) is 63.1 Å². The summed E-state index contributed by atoms with van der Waals surface area (Å²) < 4.78 is 55.3. The minimum atomic E-state index is -3.97. The Morgan fingerprint density at radius 2 is 1.31 bits per heavy atom. The fourth-order valence-corrected chi connectivity index (χ4v) is 7.35. The van der Waals surface area contributed by atoms with E-state index in [-0.39, 0.29) is 35.5 Å². The van der Waals surface area contributed by atoms with Gasteiger partial charge in [0.1, 0.15) is 6.04 Å². The summed E-state index contributed by atoms with van der Waals surface area (Å²) in [7, 11) is -7.83. The summed E-state index contributed by atoms with van der Waals surface area (Å²) in [5.41, 5.74) is 0. The zero-order chi connectivity index (χ0) is 22.8. The molecule has 1 saturated heterocycles. The number of hydrogen-bond donors (Lipinski definition) is 1. The summed E-state index contributed by atoms with van der Waals surface area (Å²) in [6.45, 7) is -0.371. The molecule has 0 aromatic heterocycles. The molecule has 0 bridgehead atoms. The normalized spacial score (nSPS) is 21.4. The molecule has 1 N–H and O–H groups in total. The third-order valence-electron chi connectivity index (χ3n) is 6.03. The van der Waals surface area contributed by atoms with Crippen molar-refractivity contribution in [3.63, 3.8) is 0 Å². The lowest BCUT2D eigenvalue weighted by molar-refractivity contribution is -0.126. The number of amides is 1. The molecular formula is C22H27N3O5S2. The van der Waals surface area contributed by atoms with Crippen molar-refractivity contribution < 1.29 is 21.6 Å². The van der Waals surface area contributed by atoms with Crippen LogP contribution in [0.15, 0.2) is 70.5 Å². The average Bonchev–Trinajstić information content (AvgIpc) is 3.33. The molecule has 172 valence electrons. The molecule has 1 heterocycles. The summed E-state index contributed by atoms with van der Waals surface area (Å²) in [5, 5.41) is 2.95. The predicted octanol–water partition coefficient (Wildman–Crippen LogP) is 1.81. The Morgan fingerprint density at radius 1 is 0.781 bits per heavy atom. The van der Waals surface area contributed by atoms with Gasteiger partial charge in [0.15, 0.2) is 0 Å². The maximum Gasteiger partial charge on any atom is 0.243 e. The second-order valence-corrected chi connectivity index (χ2v) is 11.9. The lowest BCUT2D eigenvalue weighted by atomic mass is 10.2. The van der Waals surface area contributed by atoms with Crippen molar-refractivity contribution in [1.82, 2.24) is 13.9 Å². The highest BCUT2D eigenvalue weighted by molar-refractivity contribution is 7.89. The highest BCUT2D eigenvalue weighted by Gasteiger charge is 2.43. The molecule has 2 aromatic rings. The first-order valence-corrected chi connectivity index (χ1v) is 13.6. The van der Waals surface area contributed by atoms with Crippen LogP contribution >= 0.6 is 0 Å². The summed E-state index contributed by atoms with van der Waals surface area (Å²) in [6.07, 6.45) is 3.71. The fourth-order valence-electron chi connectivity index (χ4n) is 4.30. The number of piperazine rings is 1. The molecule has 10 heteroatoms. The quantitative estimate of drug-likeness (QED) is 0.683. The van der Waals surface area contributed by atoms with E-state index in [1.165, 1.54) is 28.6 Å². The first kappa shape index (κ1) is 22.9. The van der Waals surface area contributed by atoms with E-state index in [1.807, 2.05) is 0 Å². The van der Waals surface area contributed by atoms with Gasteiger partial charge >= 0.3 is 0 Å². The van der Waals surface area contributed by atoms with Crippen LogP contribution in [0.25, 0.3) is 0 Å². The van der Waals surface area contributed by atoms with Gasteiger partial charge in [-0.2, -0.15) is 8.61 Å². The Bertz CT molecular complexity index is 1150. The van der Waals surface area contributed by atoms with Crippen LogP contribution in [0.5, 0.6) is 0 Å². The van der Waals surface area contributed by atoms with Crippen LogP contribution < -0.4 is 5.32 Å². The van der Waals surface area contributed by atoms with Gasteiger partial charge in [-0.15, -0.1) is 0 Å². The number of benzene rings is 2. The molecule has 32 heavy (non-hydrogen) atoms. The third kappa shape index (κ3) is 4.59. The zero-order valence-corrected chi connectivity index (χ0v) is 19.3. The molecule has 2 aromatic carbocycles. The lowest BCUT2D eigenvalue weighted by Gasteiger charge is -2.39. The molecule has 1 atom stereocenters. The van der Waals surface area contributed by atoms with Crippen molar-refractivity contribution >= 4 is 26.0 Å². The van der Waals surface area contributed by atoms with E-state index in [0.717, 1.165) is 30.0 Å². The summed E-state index contributed by atoms with van der Waals surface area (Å²) >= 11 is 0. The second-order valence-electron chi connectivity index (χ2n) is 8.11. The van der Waals surface area contributed by atoms with Crippen molar-refractivity contribution in [2.75, 3.05) is 19.6 Å². The van der Waals surface area contributed by atoms with Crippen LogP contribution in [0.3, 0.4) is 0 Å². The van der Waals surface area contributed by atoms with E-state index in [9.17, 15) is 21.6 Å². The first-order valence-electron chi connectivity index (χ1n) is 10.7. The van der Waals surface area contributed by atoms with Crippen LogP contribution in [0, 0.1) is 0 Å². The lowest BCUT2D eigenvalue weighted by Crippen LogP contribution is -2.62. The monoisotopic (exact) mass is 477 g/mol. The van der Waals surface area contributed by atoms with Gasteiger partial charge in [0.2, 0.25) is 26.0 Å². The Balaban J connectivity index is 1.65. The summed E-state index contributed by atoms with van der Waals surface area (Å²) in [4.78, 5) is 13.4. The van der Waals surface area contributed by atoms with Crippen molar-refractivity contribution in [2.24, 2.45) is 0 Å². The third-order valence-corrected chi connectivity index (χ3v) is 9.83. The molecule has 4 rings (SSSR count). The van der Waals surface area contributed by atoms with Crippen molar-refractivity contribution in [1.29, 1.82) is 0 Å². The second kappa shape index (κ2) is 9.30. The number of hydrogen-bond acceptors (Lipinski definition) is 5. The topological polar surface area (TPSA) is 104 Å². The summed E-state index contributed by atoms with van der Waals surface area (Å²) in [6, 6.07) is 14.7. The minimum Gasteiger partial charge on any atom is -0.352 e. The van der Waals surface area contributed by atoms with Gasteiger partial charge < -0.3 is 5.32 Å². The molecule has 8 nitrogen and oxygen atoms in total. The molecule has 1 unspecified atom stereocenters. The zero-order valence-electron chi connectivity index (χ0n) is 17.6. The number of nitrogens with one attached hydrogen (secondary N) is 1. The standard InChI is InChI=1S/C22H27N3O5S2/c26-22(23-18-9-7-8-10-18)21-17-24(31(27,28)19-11-3-1-4-12-19)15-16-25(21)32(29,30)20-13-5-2-6-14-20/h1-6,11-14,18,21H,7-10,15-17H2,(H,23,26). The summed E-state index contributed by atoms with van der Waals surface area (Å²) in [5.74, 6) is -0.454. The van der Waals surface area contributed by atoms with E-state index in [4.69, 9.17) is 0 Å². The number of nitrogens with zero attached hydrogens (tertiary/aromatic N) is 2. The Hall–Kier alpha value is -2.27. The van der Waals surface area contributed by atoms with Crippen molar-refractivity contribution in [2.45, 2.75) is 47.6 Å². The fraction of sp³-hybridized carbons (Fsp3) is 0.409. The number of carbonyl (C=O) groups is 1. The van der Waals surface area contributed by atoms with Crippen LogP contribution in [0.4, 0.5) is 0 Å². The molecule has 1 aliphatic heterocycles. The molecule has 0 spiro atoms. The van der Waals surface area contributed by atoms with E-state index >= 15 is 0 Å². The van der Waals surface area contributed by atoms with E-state index < -0.39 is 32.0 Å². The van der Waals surface area contributed by atoms with Gasteiger partial charge in [0.25, 0.3) is 0 Å². The molecule has 1 saturated carbocycles. The van der Waals surface area contributed by atoms with Crippen LogP contribution in [-0.2, 0) is 24.8 Å². The van der Waals surface area contributed by atoms with Crippen molar-refractivity contribution in [3.8, 4) is 0 Å². The molecule has 0 radical (unpaired) electrons. The predicted molar refractivity (Wildman–Crippen MR) is 120 cm³/mol. The molecule has 2 aliphatic rings. The van der Waals surface area contributed by atoms with Gasteiger partial charge in [0, 0.05) is 25.7 Å².